The van der Waals surface area contributed by atoms with E-state index in [9.17, 15) is 14.4 Å². The van der Waals surface area contributed by atoms with E-state index in [2.05, 4.69) is 66.7 Å². The Balaban J connectivity index is -0.000000409. The van der Waals surface area contributed by atoms with Crippen molar-refractivity contribution in [3.8, 4) is 0 Å². The Morgan fingerprint density at radius 3 is 1.27 bits per heavy atom. The Morgan fingerprint density at radius 2 is 0.970 bits per heavy atom. The van der Waals surface area contributed by atoms with Gasteiger partial charge in [0.1, 0.15) is 18.9 Å². The van der Waals surface area contributed by atoms with Crippen LogP contribution in [0.15, 0.2) is 58.2 Å². The first kappa shape index (κ1) is 35.3. The summed E-state index contributed by atoms with van der Waals surface area (Å²) in [4.78, 5) is 30.1. The molecule has 0 bridgehead atoms. The Labute approximate surface area is 204 Å². The molecule has 0 amide bonds. The maximum atomic E-state index is 10.1. The Kier molecular flexibility index (Phi) is 27.8. The predicted molar refractivity (Wildman–Crippen MR) is 145 cm³/mol. The average Bonchev–Trinajstić information content (AvgIpc) is 2.69. The quantitative estimate of drug-likeness (QED) is 0.157. The molecule has 0 aliphatic rings. The highest BCUT2D eigenvalue weighted by Gasteiger charge is 1.98. The second-order valence-electron chi connectivity index (χ2n) is 9.30. The van der Waals surface area contributed by atoms with Crippen LogP contribution in [-0.2, 0) is 14.4 Å². The zero-order valence-corrected chi connectivity index (χ0v) is 22.9. The molecule has 188 valence electrons. The molecule has 0 radical (unpaired) electrons. The van der Waals surface area contributed by atoms with Crippen molar-refractivity contribution in [2.45, 2.75) is 107 Å². The van der Waals surface area contributed by atoms with E-state index in [1.54, 1.807) is 12.2 Å². The Morgan fingerprint density at radius 1 is 0.606 bits per heavy atom. The molecule has 0 rings (SSSR count). The monoisotopic (exact) mass is 458 g/mol. The topological polar surface area (TPSA) is 51.2 Å². The summed E-state index contributed by atoms with van der Waals surface area (Å²) in [5.41, 5.74) is 6.34. The van der Waals surface area contributed by atoms with Crippen LogP contribution in [0.1, 0.15) is 107 Å². The normalized spacial score (nSPS) is 11.4. The minimum atomic E-state index is 0.545. The van der Waals surface area contributed by atoms with Gasteiger partial charge >= 0.3 is 0 Å². The van der Waals surface area contributed by atoms with Crippen molar-refractivity contribution >= 4 is 18.9 Å². The molecule has 0 aromatic carbocycles. The highest BCUT2D eigenvalue weighted by molar-refractivity contribution is 5.66. The van der Waals surface area contributed by atoms with Crippen molar-refractivity contribution in [1.82, 2.24) is 0 Å². The summed E-state index contributed by atoms with van der Waals surface area (Å²) in [6, 6.07) is 0. The number of rotatable bonds is 13. The van der Waals surface area contributed by atoms with Gasteiger partial charge in [0.25, 0.3) is 0 Å². The summed E-state index contributed by atoms with van der Waals surface area (Å²) >= 11 is 0. The largest absolute Gasteiger partial charge is 0.303 e. The number of carbonyl (C=O) groups is 3. The predicted octanol–water partition coefficient (Wildman–Crippen LogP) is 8.71. The first-order valence-corrected chi connectivity index (χ1v) is 12.1. The van der Waals surface area contributed by atoms with Gasteiger partial charge in [-0.05, 0) is 112 Å². The zero-order valence-electron chi connectivity index (χ0n) is 22.9. The Hall–Kier alpha value is -2.29. The van der Waals surface area contributed by atoms with Crippen LogP contribution in [0.4, 0.5) is 0 Å². The van der Waals surface area contributed by atoms with Gasteiger partial charge in [-0.15, -0.1) is 0 Å². The first-order valence-electron chi connectivity index (χ1n) is 12.1. The van der Waals surface area contributed by atoms with Gasteiger partial charge in [0.15, 0.2) is 0 Å². The molecule has 0 heterocycles. The highest BCUT2D eigenvalue weighted by atomic mass is 16.1. The Bertz CT molecular complexity index is 619. The van der Waals surface area contributed by atoms with E-state index >= 15 is 0 Å². The lowest BCUT2D eigenvalue weighted by Crippen LogP contribution is -1.93. The SMILES string of the molecule is CC(C)=CCC/C(C)=C/C=O.CC(C)=CCC/C(C)=C\C=O.CC(C)=CCCC(C)CC=O. The summed E-state index contributed by atoms with van der Waals surface area (Å²) in [5, 5.41) is 0. The summed E-state index contributed by atoms with van der Waals surface area (Å²) in [5.74, 6) is 0.545. The van der Waals surface area contributed by atoms with Crippen molar-refractivity contribution in [2.75, 3.05) is 0 Å². The maximum Gasteiger partial charge on any atom is 0.142 e. The molecule has 0 spiro atoms. The fraction of sp³-hybridized carbons (Fsp3) is 0.567. The molecule has 0 saturated carbocycles. The maximum absolute atomic E-state index is 10.1. The zero-order chi connectivity index (χ0) is 26.1. The molecular weight excluding hydrogens is 408 g/mol. The number of hydrogen-bond acceptors (Lipinski definition) is 3. The number of carbonyl (C=O) groups excluding carboxylic acids is 3. The molecule has 3 nitrogen and oxygen atoms in total. The van der Waals surface area contributed by atoms with E-state index in [4.69, 9.17) is 0 Å². The van der Waals surface area contributed by atoms with Crippen molar-refractivity contribution < 1.29 is 14.4 Å². The van der Waals surface area contributed by atoms with E-state index in [0.717, 1.165) is 68.5 Å². The highest BCUT2D eigenvalue weighted by Crippen LogP contribution is 2.10. The molecular formula is C30H50O3. The molecule has 0 aliphatic heterocycles. The average molecular weight is 459 g/mol. The minimum absolute atomic E-state index is 0.545. The van der Waals surface area contributed by atoms with Gasteiger partial charge in [-0.1, -0.05) is 53.0 Å². The molecule has 0 aromatic heterocycles. The lowest BCUT2D eigenvalue weighted by molar-refractivity contribution is -0.108. The van der Waals surface area contributed by atoms with E-state index in [-0.39, 0.29) is 0 Å². The van der Waals surface area contributed by atoms with Crippen LogP contribution >= 0.6 is 0 Å². The van der Waals surface area contributed by atoms with Gasteiger partial charge in [-0.2, -0.15) is 0 Å². The van der Waals surface area contributed by atoms with Crippen LogP contribution in [0.5, 0.6) is 0 Å². The third-order valence-corrected chi connectivity index (χ3v) is 4.60. The van der Waals surface area contributed by atoms with Gasteiger partial charge < -0.3 is 4.79 Å². The van der Waals surface area contributed by atoms with Gasteiger partial charge in [0.05, 0.1) is 0 Å². The van der Waals surface area contributed by atoms with Crippen molar-refractivity contribution in [3.05, 3.63) is 58.2 Å². The van der Waals surface area contributed by atoms with Gasteiger partial charge in [0, 0.05) is 6.42 Å². The summed E-state index contributed by atoms with van der Waals surface area (Å²) in [6.07, 6.45) is 19.5. The van der Waals surface area contributed by atoms with Crippen molar-refractivity contribution in [1.29, 1.82) is 0 Å². The van der Waals surface area contributed by atoms with Crippen LogP contribution in [0, 0.1) is 5.92 Å². The fourth-order valence-corrected chi connectivity index (χ4v) is 2.51. The summed E-state index contributed by atoms with van der Waals surface area (Å²) in [6.45, 7) is 18.6. The van der Waals surface area contributed by atoms with E-state index < -0.39 is 0 Å². The molecule has 1 atom stereocenters. The fourth-order valence-electron chi connectivity index (χ4n) is 2.51. The van der Waals surface area contributed by atoms with Crippen molar-refractivity contribution in [3.63, 3.8) is 0 Å². The molecule has 0 saturated heterocycles. The number of hydrogen-bond donors (Lipinski definition) is 0. The number of aldehydes is 3. The van der Waals surface area contributed by atoms with Crippen LogP contribution in [0.2, 0.25) is 0 Å². The third kappa shape index (κ3) is 37.4. The molecule has 3 heteroatoms. The van der Waals surface area contributed by atoms with E-state index in [1.165, 1.54) is 16.7 Å². The second kappa shape index (κ2) is 26.0. The second-order valence-corrected chi connectivity index (χ2v) is 9.30. The van der Waals surface area contributed by atoms with Crippen LogP contribution in [0.25, 0.3) is 0 Å². The molecule has 0 aromatic rings. The lowest BCUT2D eigenvalue weighted by Gasteiger charge is -2.03. The molecule has 33 heavy (non-hydrogen) atoms. The first-order chi connectivity index (χ1) is 15.5. The van der Waals surface area contributed by atoms with Crippen LogP contribution in [0.3, 0.4) is 0 Å². The van der Waals surface area contributed by atoms with Gasteiger partial charge in [0.2, 0.25) is 0 Å². The summed E-state index contributed by atoms with van der Waals surface area (Å²) < 4.78 is 0. The summed E-state index contributed by atoms with van der Waals surface area (Å²) in [7, 11) is 0. The number of allylic oxidation sites excluding steroid dienone is 10. The minimum Gasteiger partial charge on any atom is -0.303 e. The molecule has 1 unspecified atom stereocenters. The standard InChI is InChI=1S/C10H18O.2C10H16O/c3*1-9(2)5-4-6-10(3)7-8-11/h5,8,10H,4,6-7H2,1-3H3;2*5,7-8H,4,6H2,1-3H3/b;10-7+;10-7-. The van der Waals surface area contributed by atoms with E-state index in [0.29, 0.717) is 12.3 Å². The molecule has 0 N–H and O–H groups in total. The van der Waals surface area contributed by atoms with Gasteiger partial charge in [-0.25, -0.2) is 0 Å². The lowest BCUT2D eigenvalue weighted by atomic mass is 10.0. The van der Waals surface area contributed by atoms with Crippen molar-refractivity contribution in [2.24, 2.45) is 5.92 Å². The van der Waals surface area contributed by atoms with E-state index in [1.807, 2.05) is 13.8 Å². The van der Waals surface area contributed by atoms with Crippen LogP contribution in [-0.4, -0.2) is 18.9 Å². The molecule has 0 fully saturated rings. The van der Waals surface area contributed by atoms with Gasteiger partial charge in [-0.3, -0.25) is 9.59 Å². The third-order valence-electron chi connectivity index (χ3n) is 4.60. The smallest absolute Gasteiger partial charge is 0.142 e. The molecule has 0 aliphatic carbocycles. The van der Waals surface area contributed by atoms with Crippen LogP contribution < -0.4 is 0 Å².